The number of Topliss-reactive ketones (excluding diaryl/α,β-unsaturated/α-hetero) is 1. The highest BCUT2D eigenvalue weighted by atomic mass is 35.5. The smallest absolute Gasteiger partial charge is 0.279 e. The number of ketones is 1. The number of benzene rings is 2. The van der Waals surface area contributed by atoms with Crippen LogP contribution in [-0.2, 0) is 0 Å². The average Bonchev–Trinajstić information content (AvgIpc) is 2.56. The van der Waals surface area contributed by atoms with E-state index in [0.29, 0.717) is 27.8 Å². The van der Waals surface area contributed by atoms with Crippen LogP contribution in [0, 0.1) is 10.1 Å². The second kappa shape index (κ2) is 6.25. The Hall–Kier alpha value is -2.99. The number of halogens is 1. The summed E-state index contributed by atoms with van der Waals surface area (Å²) in [5.74, 6) is 0.666. The van der Waals surface area contributed by atoms with Crippen LogP contribution in [-0.4, -0.2) is 15.7 Å². The van der Waals surface area contributed by atoms with Crippen molar-refractivity contribution in [2.75, 3.05) is 0 Å². The molecule has 2 aromatic carbocycles. The SMILES string of the molecule is CC(=O)c1ccc(Oc2ccc([N+](=O)[O-])c3cnccc23)c(Cl)c1. The average molecular weight is 343 g/mol. The molecule has 1 heterocycles. The third-order valence-electron chi connectivity index (χ3n) is 3.51. The van der Waals surface area contributed by atoms with Gasteiger partial charge in [0.25, 0.3) is 5.69 Å². The summed E-state index contributed by atoms with van der Waals surface area (Å²) in [6, 6.07) is 9.23. The van der Waals surface area contributed by atoms with Crippen molar-refractivity contribution in [3.8, 4) is 11.5 Å². The summed E-state index contributed by atoms with van der Waals surface area (Å²) < 4.78 is 5.80. The minimum absolute atomic E-state index is 0.0523. The van der Waals surface area contributed by atoms with Crippen LogP contribution in [0.5, 0.6) is 11.5 Å². The summed E-state index contributed by atoms with van der Waals surface area (Å²) in [7, 11) is 0. The van der Waals surface area contributed by atoms with Gasteiger partial charge in [-0.3, -0.25) is 19.9 Å². The van der Waals surface area contributed by atoms with Gasteiger partial charge in [0.05, 0.1) is 15.3 Å². The molecule has 0 unspecified atom stereocenters. The molecular weight excluding hydrogens is 332 g/mol. The molecule has 6 nitrogen and oxygen atoms in total. The highest BCUT2D eigenvalue weighted by Crippen LogP contribution is 2.37. The topological polar surface area (TPSA) is 82.3 Å². The van der Waals surface area contributed by atoms with E-state index in [2.05, 4.69) is 4.98 Å². The number of nitro benzene ring substituents is 1. The Morgan fingerprint density at radius 1 is 1.17 bits per heavy atom. The lowest BCUT2D eigenvalue weighted by Gasteiger charge is -2.11. The molecule has 7 heteroatoms. The minimum atomic E-state index is -0.470. The van der Waals surface area contributed by atoms with E-state index in [1.807, 2.05) is 0 Å². The van der Waals surface area contributed by atoms with Crippen LogP contribution in [0.15, 0.2) is 48.8 Å². The molecule has 1 aromatic heterocycles. The molecule has 3 aromatic rings. The van der Waals surface area contributed by atoms with Gasteiger partial charge in [-0.25, -0.2) is 0 Å². The van der Waals surface area contributed by atoms with Crippen molar-refractivity contribution in [1.82, 2.24) is 4.98 Å². The van der Waals surface area contributed by atoms with Gasteiger partial charge in [0, 0.05) is 29.4 Å². The Morgan fingerprint density at radius 3 is 2.58 bits per heavy atom. The molecule has 24 heavy (non-hydrogen) atoms. The molecule has 120 valence electrons. The quantitative estimate of drug-likeness (QED) is 0.386. The second-order valence-electron chi connectivity index (χ2n) is 5.06. The van der Waals surface area contributed by atoms with Gasteiger partial charge in [-0.2, -0.15) is 0 Å². The summed E-state index contributed by atoms with van der Waals surface area (Å²) in [5.41, 5.74) is 0.425. The van der Waals surface area contributed by atoms with E-state index in [0.717, 1.165) is 0 Å². The van der Waals surface area contributed by atoms with Gasteiger partial charge in [-0.15, -0.1) is 0 Å². The Bertz CT molecular complexity index is 972. The number of ether oxygens (including phenoxy) is 1. The van der Waals surface area contributed by atoms with Crippen molar-refractivity contribution < 1.29 is 14.5 Å². The first-order chi connectivity index (χ1) is 11.5. The molecule has 0 saturated carbocycles. The highest BCUT2D eigenvalue weighted by Gasteiger charge is 2.16. The zero-order chi connectivity index (χ0) is 17.3. The number of carbonyl (C=O) groups excluding carboxylic acids is 1. The number of nitro groups is 1. The fourth-order valence-electron chi connectivity index (χ4n) is 2.32. The number of non-ortho nitro benzene ring substituents is 1. The molecule has 0 atom stereocenters. The predicted molar refractivity (Wildman–Crippen MR) is 89.9 cm³/mol. The summed E-state index contributed by atoms with van der Waals surface area (Å²) in [4.78, 5) is 26.0. The van der Waals surface area contributed by atoms with Crippen LogP contribution >= 0.6 is 11.6 Å². The number of rotatable bonds is 4. The number of pyridine rings is 1. The van der Waals surface area contributed by atoms with Crippen LogP contribution in [0.3, 0.4) is 0 Å². The maximum absolute atomic E-state index is 11.4. The summed E-state index contributed by atoms with van der Waals surface area (Å²) in [6.45, 7) is 1.45. The van der Waals surface area contributed by atoms with E-state index >= 15 is 0 Å². The standard InChI is InChI=1S/C17H11ClN2O4/c1-10(21)11-2-4-17(14(18)8-11)24-16-5-3-15(20(22)23)13-9-19-7-6-12(13)16/h2-9H,1H3. The Balaban J connectivity index is 2.07. The predicted octanol–water partition coefficient (Wildman–Crippen LogP) is 4.79. The molecule has 0 spiro atoms. The first-order valence-electron chi connectivity index (χ1n) is 6.97. The molecule has 0 amide bonds. The summed E-state index contributed by atoms with van der Waals surface area (Å²) >= 11 is 6.16. The summed E-state index contributed by atoms with van der Waals surface area (Å²) in [5, 5.41) is 12.3. The van der Waals surface area contributed by atoms with Gasteiger partial charge in [0.15, 0.2) is 5.78 Å². The molecule has 0 aliphatic carbocycles. The van der Waals surface area contributed by atoms with E-state index in [4.69, 9.17) is 16.3 Å². The first kappa shape index (κ1) is 15.9. The van der Waals surface area contributed by atoms with Crippen LogP contribution in [0.25, 0.3) is 10.8 Å². The lowest BCUT2D eigenvalue weighted by Crippen LogP contribution is -1.95. The van der Waals surface area contributed by atoms with Crippen molar-refractivity contribution in [1.29, 1.82) is 0 Å². The zero-order valence-corrected chi connectivity index (χ0v) is 13.3. The molecule has 0 aliphatic rings. The van der Waals surface area contributed by atoms with Gasteiger partial charge in [-0.1, -0.05) is 11.6 Å². The Labute approximate surface area is 141 Å². The molecule has 0 fully saturated rings. The maximum Gasteiger partial charge on any atom is 0.279 e. The lowest BCUT2D eigenvalue weighted by molar-refractivity contribution is -0.383. The Morgan fingerprint density at radius 2 is 1.92 bits per heavy atom. The van der Waals surface area contributed by atoms with E-state index in [9.17, 15) is 14.9 Å². The molecule has 0 aliphatic heterocycles. The molecule has 0 N–H and O–H groups in total. The van der Waals surface area contributed by atoms with Crippen LogP contribution in [0.4, 0.5) is 5.69 Å². The van der Waals surface area contributed by atoms with E-state index in [1.54, 1.807) is 18.2 Å². The van der Waals surface area contributed by atoms with Crippen molar-refractivity contribution >= 4 is 33.8 Å². The van der Waals surface area contributed by atoms with E-state index in [1.165, 1.54) is 37.5 Å². The summed E-state index contributed by atoms with van der Waals surface area (Å²) in [6.07, 6.45) is 2.94. The third kappa shape index (κ3) is 2.91. The van der Waals surface area contributed by atoms with Crippen molar-refractivity contribution in [2.24, 2.45) is 0 Å². The van der Waals surface area contributed by atoms with Gasteiger partial charge in [-0.05, 0) is 37.3 Å². The highest BCUT2D eigenvalue weighted by molar-refractivity contribution is 6.32. The fourth-order valence-corrected chi connectivity index (χ4v) is 2.54. The molecular formula is C17H11ClN2O4. The largest absolute Gasteiger partial charge is 0.455 e. The minimum Gasteiger partial charge on any atom is -0.455 e. The number of fused-ring (bicyclic) bond motifs is 1. The second-order valence-corrected chi connectivity index (χ2v) is 5.47. The normalized spacial score (nSPS) is 10.6. The van der Waals surface area contributed by atoms with Crippen molar-refractivity contribution in [2.45, 2.75) is 6.92 Å². The molecule has 3 rings (SSSR count). The van der Waals surface area contributed by atoms with E-state index < -0.39 is 4.92 Å². The monoisotopic (exact) mass is 342 g/mol. The van der Waals surface area contributed by atoms with E-state index in [-0.39, 0.29) is 16.5 Å². The van der Waals surface area contributed by atoms with Crippen molar-refractivity contribution in [3.05, 3.63) is 69.5 Å². The lowest BCUT2D eigenvalue weighted by atomic mass is 10.1. The molecule has 0 saturated heterocycles. The number of carbonyl (C=O) groups is 1. The Kier molecular flexibility index (Phi) is 4.14. The molecule has 0 bridgehead atoms. The number of hydrogen-bond donors (Lipinski definition) is 0. The van der Waals surface area contributed by atoms with Crippen LogP contribution in [0.1, 0.15) is 17.3 Å². The fraction of sp³-hybridized carbons (Fsp3) is 0.0588. The zero-order valence-electron chi connectivity index (χ0n) is 12.5. The van der Waals surface area contributed by atoms with Crippen LogP contribution < -0.4 is 4.74 Å². The number of nitrogens with zero attached hydrogens (tertiary/aromatic N) is 2. The van der Waals surface area contributed by atoms with Crippen molar-refractivity contribution in [3.63, 3.8) is 0 Å². The van der Waals surface area contributed by atoms with Crippen LogP contribution in [0.2, 0.25) is 5.02 Å². The number of aromatic nitrogens is 1. The first-order valence-corrected chi connectivity index (χ1v) is 7.34. The maximum atomic E-state index is 11.4. The molecule has 0 radical (unpaired) electrons. The van der Waals surface area contributed by atoms with Gasteiger partial charge >= 0.3 is 0 Å². The van der Waals surface area contributed by atoms with Gasteiger partial charge in [0.1, 0.15) is 11.5 Å². The third-order valence-corrected chi connectivity index (χ3v) is 3.81. The van der Waals surface area contributed by atoms with Gasteiger partial charge in [0.2, 0.25) is 0 Å². The number of hydrogen-bond acceptors (Lipinski definition) is 5. The van der Waals surface area contributed by atoms with Gasteiger partial charge < -0.3 is 4.74 Å².